The lowest BCUT2D eigenvalue weighted by Crippen LogP contribution is -2.62. The summed E-state index contributed by atoms with van der Waals surface area (Å²) in [5.41, 5.74) is 1.31. The minimum absolute atomic E-state index is 0.00739. The first-order valence-electron chi connectivity index (χ1n) is 10.6. The molecule has 6 unspecified atom stereocenters. The van der Waals surface area contributed by atoms with E-state index < -0.39 is 6.17 Å². The van der Waals surface area contributed by atoms with Gasteiger partial charge in [-0.05, 0) is 32.6 Å². The van der Waals surface area contributed by atoms with Crippen LogP contribution >= 0.6 is 0 Å². The number of alkyl halides is 1. The van der Waals surface area contributed by atoms with Gasteiger partial charge in [-0.2, -0.15) is 5.26 Å². The molecule has 1 aliphatic carbocycles. The van der Waals surface area contributed by atoms with Crippen molar-refractivity contribution in [2.45, 2.75) is 63.3 Å². The van der Waals surface area contributed by atoms with Crippen LogP contribution in [0.15, 0.2) is 11.1 Å². The smallest absolute Gasteiger partial charge is 0.247 e. The van der Waals surface area contributed by atoms with Crippen molar-refractivity contribution >= 4 is 11.8 Å². The van der Waals surface area contributed by atoms with Gasteiger partial charge in [0.1, 0.15) is 6.17 Å². The number of halogens is 1. The Morgan fingerprint density at radius 2 is 2.17 bits per heavy atom. The number of ether oxygens (including phenoxy) is 1. The summed E-state index contributed by atoms with van der Waals surface area (Å²) < 4.78 is 19.5. The number of hydrogen-bond donors (Lipinski definition) is 3. The number of hydrogen-bond acceptors (Lipinski definition) is 5. The zero-order valence-corrected chi connectivity index (χ0v) is 16.7. The van der Waals surface area contributed by atoms with Gasteiger partial charge in [0.2, 0.25) is 11.8 Å². The van der Waals surface area contributed by atoms with E-state index in [1.54, 1.807) is 0 Å². The van der Waals surface area contributed by atoms with Crippen LogP contribution in [0.4, 0.5) is 4.39 Å². The van der Waals surface area contributed by atoms with E-state index in [2.05, 4.69) is 22.0 Å². The van der Waals surface area contributed by atoms with E-state index in [-0.39, 0.29) is 54.1 Å². The second-order valence-corrected chi connectivity index (χ2v) is 8.90. The van der Waals surface area contributed by atoms with Gasteiger partial charge in [0.15, 0.2) is 0 Å². The van der Waals surface area contributed by atoms with Crippen LogP contribution in [-0.4, -0.2) is 55.9 Å². The highest BCUT2D eigenvalue weighted by Gasteiger charge is 2.41. The van der Waals surface area contributed by atoms with E-state index in [1.165, 1.54) is 0 Å². The Bertz CT molecular complexity index is 749. The number of rotatable bonds is 3. The molecule has 158 valence electrons. The van der Waals surface area contributed by atoms with Gasteiger partial charge in [0, 0.05) is 36.0 Å². The molecule has 3 N–H and O–H groups in total. The van der Waals surface area contributed by atoms with E-state index in [1.807, 2.05) is 6.92 Å². The maximum Gasteiger partial charge on any atom is 0.247 e. The third kappa shape index (κ3) is 4.17. The van der Waals surface area contributed by atoms with E-state index in [4.69, 9.17) is 10.00 Å². The summed E-state index contributed by atoms with van der Waals surface area (Å²) in [5, 5.41) is 18.5. The lowest BCUT2D eigenvalue weighted by Gasteiger charge is -2.43. The van der Waals surface area contributed by atoms with Crippen LogP contribution in [0.5, 0.6) is 0 Å². The summed E-state index contributed by atoms with van der Waals surface area (Å²) in [5.74, 6) is -0.295. The van der Waals surface area contributed by atoms with Crippen molar-refractivity contribution < 1.29 is 18.7 Å². The molecule has 0 aromatic carbocycles. The summed E-state index contributed by atoms with van der Waals surface area (Å²) in [6, 6.07) is 2.16. The Kier molecular flexibility index (Phi) is 5.88. The summed E-state index contributed by atoms with van der Waals surface area (Å²) in [4.78, 5) is 25.3. The fourth-order valence-corrected chi connectivity index (χ4v) is 5.43. The molecule has 7 nitrogen and oxygen atoms in total. The first-order chi connectivity index (χ1) is 14.0. The monoisotopic (exact) mass is 404 g/mol. The van der Waals surface area contributed by atoms with Crippen LogP contribution < -0.4 is 16.0 Å². The van der Waals surface area contributed by atoms with Crippen molar-refractivity contribution in [1.82, 2.24) is 16.0 Å². The number of amides is 2. The minimum atomic E-state index is -0.845. The molecular weight excluding hydrogens is 375 g/mol. The predicted molar refractivity (Wildman–Crippen MR) is 103 cm³/mol. The van der Waals surface area contributed by atoms with Gasteiger partial charge < -0.3 is 20.7 Å². The molecule has 4 rings (SSSR count). The highest BCUT2D eigenvalue weighted by atomic mass is 19.1. The lowest BCUT2D eigenvalue weighted by molar-refractivity contribution is -0.126. The Labute approximate surface area is 170 Å². The number of nitrogens with zero attached hydrogens (tertiary/aromatic N) is 1. The third-order valence-corrected chi connectivity index (χ3v) is 7.03. The topological polar surface area (TPSA) is 103 Å². The van der Waals surface area contributed by atoms with Crippen molar-refractivity contribution in [2.24, 2.45) is 17.8 Å². The Morgan fingerprint density at radius 1 is 1.34 bits per heavy atom. The zero-order chi connectivity index (χ0) is 20.5. The quantitative estimate of drug-likeness (QED) is 0.650. The first kappa shape index (κ1) is 20.3. The van der Waals surface area contributed by atoms with Crippen molar-refractivity contribution in [2.75, 3.05) is 19.8 Å². The summed E-state index contributed by atoms with van der Waals surface area (Å²) in [7, 11) is 0. The van der Waals surface area contributed by atoms with Crippen LogP contribution in [-0.2, 0) is 14.3 Å². The highest BCUT2D eigenvalue weighted by molar-refractivity contribution is 6.00. The molecule has 3 heterocycles. The van der Waals surface area contributed by atoms with Crippen LogP contribution in [0.3, 0.4) is 0 Å². The molecule has 0 aromatic heterocycles. The van der Waals surface area contributed by atoms with Crippen molar-refractivity contribution in [3.63, 3.8) is 0 Å². The molecule has 3 aliphatic heterocycles. The average Bonchev–Trinajstić information content (AvgIpc) is 2.71. The fourth-order valence-electron chi connectivity index (χ4n) is 5.43. The number of nitriles is 1. The number of carbonyl (C=O) groups is 2. The molecule has 0 bridgehead atoms. The van der Waals surface area contributed by atoms with E-state index in [0.717, 1.165) is 12.0 Å². The van der Waals surface area contributed by atoms with E-state index in [9.17, 15) is 14.0 Å². The highest BCUT2D eigenvalue weighted by Crippen LogP contribution is 2.37. The second-order valence-electron chi connectivity index (χ2n) is 8.90. The SMILES string of the molecule is CC1=C(CC(=O)N[C@@H]2COCC3CC(C#N)CNC32)C(=O)NC2CCC(F)CC12. The molecule has 4 aliphatic rings. The molecular formula is C21H29FN4O3. The lowest BCUT2D eigenvalue weighted by atomic mass is 9.75. The van der Waals surface area contributed by atoms with Crippen LogP contribution in [0, 0.1) is 29.1 Å². The van der Waals surface area contributed by atoms with E-state index in [0.29, 0.717) is 44.6 Å². The molecule has 7 atom stereocenters. The minimum Gasteiger partial charge on any atom is -0.379 e. The predicted octanol–water partition coefficient (Wildman–Crippen LogP) is 0.962. The standard InChI is InChI=1S/C21H29FN4O3/c1-11-15-5-14(22)2-3-17(15)26-21(28)16(11)6-19(27)25-18-10-29-9-13-4-12(7-23)8-24-20(13)18/h12-15,17-18,20,24H,2-6,8-10H2,1H3,(H,25,27)(H,26,28)/t12?,13?,14?,15?,17?,18-,20?/m1/s1. The second kappa shape index (κ2) is 8.41. The van der Waals surface area contributed by atoms with Gasteiger partial charge in [0.25, 0.3) is 0 Å². The molecule has 8 heteroatoms. The Morgan fingerprint density at radius 3 is 2.97 bits per heavy atom. The van der Waals surface area contributed by atoms with Crippen molar-refractivity contribution in [3.8, 4) is 6.07 Å². The maximum atomic E-state index is 13.9. The molecule has 2 amide bonds. The average molecular weight is 404 g/mol. The summed E-state index contributed by atoms with van der Waals surface area (Å²) in [6.07, 6.45) is 1.45. The van der Waals surface area contributed by atoms with Crippen LogP contribution in [0.2, 0.25) is 0 Å². The third-order valence-electron chi connectivity index (χ3n) is 7.03. The molecule has 1 saturated carbocycles. The first-order valence-corrected chi connectivity index (χ1v) is 10.6. The molecule has 2 saturated heterocycles. The Balaban J connectivity index is 1.41. The molecule has 0 radical (unpaired) electrons. The number of nitrogens with one attached hydrogen (secondary N) is 3. The van der Waals surface area contributed by atoms with Gasteiger partial charge in [-0.3, -0.25) is 9.59 Å². The van der Waals surface area contributed by atoms with Gasteiger partial charge in [-0.1, -0.05) is 5.57 Å². The Hall–Kier alpha value is -1.98. The van der Waals surface area contributed by atoms with Gasteiger partial charge in [0.05, 0.1) is 37.7 Å². The summed E-state index contributed by atoms with van der Waals surface area (Å²) in [6.45, 7) is 3.48. The molecule has 29 heavy (non-hydrogen) atoms. The van der Waals surface area contributed by atoms with Crippen LogP contribution in [0.1, 0.15) is 39.0 Å². The van der Waals surface area contributed by atoms with Crippen molar-refractivity contribution in [3.05, 3.63) is 11.1 Å². The fraction of sp³-hybridized carbons (Fsp3) is 0.762. The number of fused-ring (bicyclic) bond motifs is 2. The largest absolute Gasteiger partial charge is 0.379 e. The van der Waals surface area contributed by atoms with E-state index >= 15 is 0 Å². The van der Waals surface area contributed by atoms with Gasteiger partial charge >= 0.3 is 0 Å². The van der Waals surface area contributed by atoms with Crippen LogP contribution in [0.25, 0.3) is 0 Å². The normalized spacial score (nSPS) is 39.6. The maximum absolute atomic E-state index is 13.9. The van der Waals surface area contributed by atoms with Gasteiger partial charge in [-0.15, -0.1) is 0 Å². The number of carbonyl (C=O) groups excluding carboxylic acids is 2. The summed E-state index contributed by atoms with van der Waals surface area (Å²) >= 11 is 0. The molecule has 0 spiro atoms. The number of piperidine rings is 1. The molecule has 0 aromatic rings. The molecule has 3 fully saturated rings. The van der Waals surface area contributed by atoms with Crippen molar-refractivity contribution in [1.29, 1.82) is 5.26 Å². The van der Waals surface area contributed by atoms with Gasteiger partial charge in [-0.25, -0.2) is 4.39 Å². The zero-order valence-electron chi connectivity index (χ0n) is 16.7.